The minimum atomic E-state index is -0.465. The Labute approximate surface area is 125 Å². The van der Waals surface area contributed by atoms with Crippen LogP contribution in [0.4, 0.5) is 11.5 Å². The number of benzene rings is 1. The van der Waals surface area contributed by atoms with Gasteiger partial charge in [0, 0.05) is 22.3 Å². The first-order chi connectivity index (χ1) is 9.47. The molecule has 2 rings (SSSR count). The van der Waals surface area contributed by atoms with Crippen LogP contribution >= 0.6 is 23.2 Å². The molecule has 7 heteroatoms. The third kappa shape index (κ3) is 3.37. The molecule has 1 heterocycles. The number of pyridine rings is 1. The summed E-state index contributed by atoms with van der Waals surface area (Å²) in [4.78, 5) is 14.3. The quantitative estimate of drug-likeness (QED) is 0.668. The minimum absolute atomic E-state index is 0.0168. The lowest BCUT2D eigenvalue weighted by molar-refractivity contribution is -0.384. The van der Waals surface area contributed by atoms with E-state index in [1.165, 1.54) is 18.3 Å². The number of rotatable bonds is 4. The molecule has 0 saturated carbocycles. The van der Waals surface area contributed by atoms with E-state index >= 15 is 0 Å². The molecule has 1 atom stereocenters. The van der Waals surface area contributed by atoms with Gasteiger partial charge in [0.1, 0.15) is 5.82 Å². The Morgan fingerprint density at radius 1 is 1.30 bits per heavy atom. The van der Waals surface area contributed by atoms with Crippen molar-refractivity contribution >= 4 is 34.7 Å². The van der Waals surface area contributed by atoms with Crippen LogP contribution in [0.1, 0.15) is 18.5 Å². The fourth-order valence-corrected chi connectivity index (χ4v) is 2.34. The summed E-state index contributed by atoms with van der Waals surface area (Å²) in [6.07, 6.45) is 1.39. The van der Waals surface area contributed by atoms with E-state index < -0.39 is 4.92 Å². The standard InChI is InChI=1S/C13H11Cl2N3O2/c1-8(11-3-2-9(14)6-12(11)15)17-13-7-10(18(19)20)4-5-16-13/h2-8H,1H3,(H,16,17). The molecule has 1 aromatic heterocycles. The molecule has 0 aliphatic heterocycles. The number of nitrogens with zero attached hydrogens (tertiary/aromatic N) is 2. The van der Waals surface area contributed by atoms with E-state index in [-0.39, 0.29) is 11.7 Å². The number of nitrogens with one attached hydrogen (secondary N) is 1. The maximum absolute atomic E-state index is 10.7. The molecule has 0 fully saturated rings. The Morgan fingerprint density at radius 3 is 2.70 bits per heavy atom. The van der Waals surface area contributed by atoms with Gasteiger partial charge in [-0.3, -0.25) is 10.1 Å². The fraction of sp³-hybridized carbons (Fsp3) is 0.154. The summed E-state index contributed by atoms with van der Waals surface area (Å²) in [5, 5.41) is 14.9. The summed E-state index contributed by atoms with van der Waals surface area (Å²) in [5.74, 6) is 0.415. The van der Waals surface area contributed by atoms with Crippen LogP contribution in [-0.4, -0.2) is 9.91 Å². The molecular formula is C13H11Cl2N3O2. The molecule has 0 aliphatic rings. The second-order valence-electron chi connectivity index (χ2n) is 4.19. The van der Waals surface area contributed by atoms with Gasteiger partial charge in [0.25, 0.3) is 5.69 Å². The van der Waals surface area contributed by atoms with Crippen molar-refractivity contribution in [3.8, 4) is 0 Å². The molecule has 1 N–H and O–H groups in total. The average Bonchev–Trinajstić information content (AvgIpc) is 2.38. The van der Waals surface area contributed by atoms with Crippen molar-refractivity contribution in [2.75, 3.05) is 5.32 Å². The van der Waals surface area contributed by atoms with Gasteiger partial charge in [0.05, 0.1) is 17.0 Å². The summed E-state index contributed by atoms with van der Waals surface area (Å²) in [6.45, 7) is 1.88. The highest BCUT2D eigenvalue weighted by Crippen LogP contribution is 2.28. The SMILES string of the molecule is CC(Nc1cc([N+](=O)[O-])ccn1)c1ccc(Cl)cc1Cl. The zero-order valence-corrected chi connectivity index (χ0v) is 12.0. The first kappa shape index (κ1) is 14.6. The van der Waals surface area contributed by atoms with Crippen LogP contribution in [0.5, 0.6) is 0 Å². The van der Waals surface area contributed by atoms with Crippen LogP contribution in [0.2, 0.25) is 10.0 Å². The maximum atomic E-state index is 10.7. The Balaban J connectivity index is 2.21. The summed E-state index contributed by atoms with van der Waals surface area (Å²) in [5.41, 5.74) is 0.821. The summed E-state index contributed by atoms with van der Waals surface area (Å²) < 4.78 is 0. The van der Waals surface area contributed by atoms with Crippen LogP contribution in [0.3, 0.4) is 0 Å². The number of aromatic nitrogens is 1. The van der Waals surface area contributed by atoms with Crippen molar-refractivity contribution in [2.24, 2.45) is 0 Å². The molecule has 0 bridgehead atoms. The number of halogens is 2. The predicted octanol–water partition coefficient (Wildman–Crippen LogP) is 4.47. The molecule has 20 heavy (non-hydrogen) atoms. The van der Waals surface area contributed by atoms with Crippen molar-refractivity contribution in [2.45, 2.75) is 13.0 Å². The molecule has 5 nitrogen and oxygen atoms in total. The molecule has 0 saturated heterocycles. The van der Waals surface area contributed by atoms with E-state index in [4.69, 9.17) is 23.2 Å². The Morgan fingerprint density at radius 2 is 2.05 bits per heavy atom. The lowest BCUT2D eigenvalue weighted by atomic mass is 10.1. The van der Waals surface area contributed by atoms with E-state index in [9.17, 15) is 10.1 Å². The average molecular weight is 312 g/mol. The highest BCUT2D eigenvalue weighted by molar-refractivity contribution is 6.35. The third-order valence-electron chi connectivity index (χ3n) is 2.75. The molecule has 1 aromatic carbocycles. The fourth-order valence-electron chi connectivity index (χ4n) is 1.76. The molecule has 0 amide bonds. The first-order valence-corrected chi connectivity index (χ1v) is 6.55. The Bertz CT molecular complexity index is 649. The normalized spacial score (nSPS) is 11.9. The second kappa shape index (κ2) is 6.07. The van der Waals surface area contributed by atoms with E-state index in [1.54, 1.807) is 18.2 Å². The lowest BCUT2D eigenvalue weighted by Gasteiger charge is -2.16. The van der Waals surface area contributed by atoms with Crippen LogP contribution in [0, 0.1) is 10.1 Å². The predicted molar refractivity (Wildman–Crippen MR) is 79.4 cm³/mol. The van der Waals surface area contributed by atoms with E-state index in [0.717, 1.165) is 5.56 Å². The number of hydrogen-bond donors (Lipinski definition) is 1. The van der Waals surface area contributed by atoms with Gasteiger partial charge in [0.2, 0.25) is 0 Å². The molecular weight excluding hydrogens is 301 g/mol. The highest BCUT2D eigenvalue weighted by Gasteiger charge is 2.12. The first-order valence-electron chi connectivity index (χ1n) is 5.79. The van der Waals surface area contributed by atoms with E-state index in [2.05, 4.69) is 10.3 Å². The van der Waals surface area contributed by atoms with Crippen LogP contribution < -0.4 is 5.32 Å². The van der Waals surface area contributed by atoms with Gasteiger partial charge in [0.15, 0.2) is 0 Å². The summed E-state index contributed by atoms with van der Waals surface area (Å²) in [7, 11) is 0. The molecule has 0 spiro atoms. The Hall–Kier alpha value is -1.85. The number of nitro groups is 1. The zero-order chi connectivity index (χ0) is 14.7. The smallest absolute Gasteiger partial charge is 0.274 e. The number of hydrogen-bond acceptors (Lipinski definition) is 4. The van der Waals surface area contributed by atoms with Crippen LogP contribution in [-0.2, 0) is 0 Å². The molecule has 0 radical (unpaired) electrons. The molecule has 104 valence electrons. The number of anilines is 1. The maximum Gasteiger partial charge on any atom is 0.274 e. The van der Waals surface area contributed by atoms with Gasteiger partial charge in [-0.1, -0.05) is 29.3 Å². The van der Waals surface area contributed by atoms with Crippen molar-refractivity contribution in [1.29, 1.82) is 0 Å². The largest absolute Gasteiger partial charge is 0.363 e. The van der Waals surface area contributed by atoms with Crippen molar-refractivity contribution < 1.29 is 4.92 Å². The topological polar surface area (TPSA) is 68.1 Å². The third-order valence-corrected chi connectivity index (χ3v) is 3.31. The monoisotopic (exact) mass is 311 g/mol. The Kier molecular flexibility index (Phi) is 4.42. The lowest BCUT2D eigenvalue weighted by Crippen LogP contribution is -2.08. The van der Waals surface area contributed by atoms with Gasteiger partial charge in [-0.2, -0.15) is 0 Å². The van der Waals surface area contributed by atoms with Crippen LogP contribution in [0.15, 0.2) is 36.5 Å². The van der Waals surface area contributed by atoms with Gasteiger partial charge in [-0.15, -0.1) is 0 Å². The van der Waals surface area contributed by atoms with Gasteiger partial charge < -0.3 is 5.32 Å². The summed E-state index contributed by atoms with van der Waals surface area (Å²) in [6, 6.07) is 7.75. The molecule has 2 aromatic rings. The zero-order valence-electron chi connectivity index (χ0n) is 10.5. The highest BCUT2D eigenvalue weighted by atomic mass is 35.5. The van der Waals surface area contributed by atoms with Gasteiger partial charge in [-0.05, 0) is 24.6 Å². The second-order valence-corrected chi connectivity index (χ2v) is 5.03. The van der Waals surface area contributed by atoms with Crippen molar-refractivity contribution in [3.63, 3.8) is 0 Å². The van der Waals surface area contributed by atoms with Gasteiger partial charge >= 0.3 is 0 Å². The molecule has 0 aliphatic carbocycles. The van der Waals surface area contributed by atoms with Crippen molar-refractivity contribution in [1.82, 2.24) is 4.98 Å². The summed E-state index contributed by atoms with van der Waals surface area (Å²) >= 11 is 12.0. The van der Waals surface area contributed by atoms with Crippen molar-refractivity contribution in [3.05, 3.63) is 62.3 Å². The van der Waals surface area contributed by atoms with Gasteiger partial charge in [-0.25, -0.2) is 4.98 Å². The van der Waals surface area contributed by atoms with E-state index in [0.29, 0.717) is 15.9 Å². The van der Waals surface area contributed by atoms with Crippen LogP contribution in [0.25, 0.3) is 0 Å². The minimum Gasteiger partial charge on any atom is -0.363 e. The van der Waals surface area contributed by atoms with E-state index in [1.807, 2.05) is 6.92 Å². The molecule has 1 unspecified atom stereocenters.